The van der Waals surface area contributed by atoms with Crippen molar-refractivity contribution in [3.05, 3.63) is 35.5 Å². The number of ether oxygens (including phenoxy) is 1. The molecule has 0 saturated heterocycles. The number of allylic oxidation sites excluding steroid dienone is 2. The lowest BCUT2D eigenvalue weighted by molar-refractivity contribution is 0.0149. The van der Waals surface area contributed by atoms with E-state index in [1.54, 1.807) is 0 Å². The highest BCUT2D eigenvalue weighted by atomic mass is 16.5. The van der Waals surface area contributed by atoms with Gasteiger partial charge in [0.1, 0.15) is 0 Å². The first-order valence-corrected chi connectivity index (χ1v) is 13.2. The van der Waals surface area contributed by atoms with Gasteiger partial charge >= 0.3 is 0 Å². The summed E-state index contributed by atoms with van der Waals surface area (Å²) in [5.41, 5.74) is 2.82. The van der Waals surface area contributed by atoms with Gasteiger partial charge in [0.2, 0.25) is 0 Å². The summed E-state index contributed by atoms with van der Waals surface area (Å²) in [4.78, 5) is 0. The molecular formula is C29H48O4. The second-order valence-corrected chi connectivity index (χ2v) is 11.9. The maximum absolute atomic E-state index is 10.2. The first kappa shape index (κ1) is 26.7. The third kappa shape index (κ3) is 6.20. The van der Waals surface area contributed by atoms with Crippen molar-refractivity contribution in [2.24, 2.45) is 23.2 Å². The molecule has 0 amide bonds. The van der Waals surface area contributed by atoms with Gasteiger partial charge in [-0.15, -0.1) is 0 Å². The van der Waals surface area contributed by atoms with Gasteiger partial charge in [-0.2, -0.15) is 0 Å². The molecule has 188 valence electrons. The summed E-state index contributed by atoms with van der Waals surface area (Å²) >= 11 is 0. The summed E-state index contributed by atoms with van der Waals surface area (Å²) in [6.07, 6.45) is 12.1. The first-order chi connectivity index (χ1) is 15.5. The molecule has 0 aromatic rings. The average Bonchev–Trinajstić information content (AvgIpc) is 3.01. The van der Waals surface area contributed by atoms with Gasteiger partial charge in [0.15, 0.2) is 0 Å². The van der Waals surface area contributed by atoms with E-state index in [1.807, 2.05) is 13.8 Å². The second kappa shape index (κ2) is 10.8. The molecule has 4 nitrogen and oxygen atoms in total. The first-order valence-electron chi connectivity index (χ1n) is 13.2. The van der Waals surface area contributed by atoms with Crippen LogP contribution in [0.25, 0.3) is 0 Å². The van der Waals surface area contributed by atoms with Crippen LogP contribution in [-0.4, -0.2) is 45.8 Å². The summed E-state index contributed by atoms with van der Waals surface area (Å²) in [5, 5.41) is 30.5. The van der Waals surface area contributed by atoms with Crippen LogP contribution in [0.4, 0.5) is 0 Å². The quantitative estimate of drug-likeness (QED) is 0.433. The Kier molecular flexibility index (Phi) is 8.70. The molecule has 0 heterocycles. The zero-order valence-corrected chi connectivity index (χ0v) is 21.6. The van der Waals surface area contributed by atoms with Crippen molar-refractivity contribution < 1.29 is 20.1 Å². The lowest BCUT2D eigenvalue weighted by Gasteiger charge is -2.45. The lowest BCUT2D eigenvalue weighted by Crippen LogP contribution is -2.38. The third-order valence-corrected chi connectivity index (χ3v) is 8.78. The molecule has 3 aliphatic carbocycles. The highest BCUT2D eigenvalue weighted by Gasteiger charge is 2.55. The number of aliphatic hydroxyl groups is 3. The van der Waals surface area contributed by atoms with Gasteiger partial charge < -0.3 is 20.1 Å². The van der Waals surface area contributed by atoms with Crippen LogP contribution >= 0.6 is 0 Å². The Balaban J connectivity index is 1.82. The average molecular weight is 461 g/mol. The molecule has 0 aromatic heterocycles. The minimum Gasteiger partial charge on any atom is -0.393 e. The molecule has 0 aliphatic heterocycles. The van der Waals surface area contributed by atoms with Crippen molar-refractivity contribution in [3.8, 4) is 0 Å². The molecule has 3 rings (SSSR count). The molecule has 33 heavy (non-hydrogen) atoms. The minimum absolute atomic E-state index is 0.221. The minimum atomic E-state index is -0.646. The fourth-order valence-electron chi connectivity index (χ4n) is 7.11. The van der Waals surface area contributed by atoms with Crippen molar-refractivity contribution >= 4 is 0 Å². The van der Waals surface area contributed by atoms with E-state index in [0.717, 1.165) is 49.9 Å². The summed E-state index contributed by atoms with van der Waals surface area (Å²) in [7, 11) is 0. The largest absolute Gasteiger partial charge is 0.393 e. The lowest BCUT2D eigenvalue weighted by atomic mass is 9.60. The van der Waals surface area contributed by atoms with Crippen LogP contribution in [0.2, 0.25) is 0 Å². The Morgan fingerprint density at radius 2 is 1.97 bits per heavy atom. The third-order valence-electron chi connectivity index (χ3n) is 8.78. The summed E-state index contributed by atoms with van der Waals surface area (Å²) in [6, 6.07) is 0. The fourth-order valence-corrected chi connectivity index (χ4v) is 7.11. The Morgan fingerprint density at radius 1 is 1.24 bits per heavy atom. The molecule has 4 heteroatoms. The maximum Gasteiger partial charge on any atom is 0.0811 e. The van der Waals surface area contributed by atoms with Gasteiger partial charge in [-0.05, 0) is 87.7 Å². The van der Waals surface area contributed by atoms with E-state index < -0.39 is 17.8 Å². The highest BCUT2D eigenvalue weighted by Crippen LogP contribution is 2.60. The Hall–Kier alpha value is -0.940. The SMILES string of the molecule is C=C1/C(=C\C=C2/CCC[C@]3(C)[C@@H]([C@H](C)CCCC(C)(C)O)C[C@@H](OCC)[C@@H]23)C[C@@H](O)C[C@@H]1O. The van der Waals surface area contributed by atoms with Crippen LogP contribution in [0.5, 0.6) is 0 Å². The van der Waals surface area contributed by atoms with Gasteiger partial charge in [0.05, 0.1) is 23.9 Å². The normalized spacial score (nSPS) is 38.7. The van der Waals surface area contributed by atoms with E-state index in [0.29, 0.717) is 30.6 Å². The smallest absolute Gasteiger partial charge is 0.0811 e. The number of rotatable bonds is 8. The van der Waals surface area contributed by atoms with Gasteiger partial charge in [-0.3, -0.25) is 0 Å². The Bertz CT molecular complexity index is 745. The van der Waals surface area contributed by atoms with Crippen molar-refractivity contribution in [3.63, 3.8) is 0 Å². The molecular weight excluding hydrogens is 412 g/mol. The molecule has 3 aliphatic rings. The van der Waals surface area contributed by atoms with Gasteiger partial charge in [-0.1, -0.05) is 51.0 Å². The molecule has 7 atom stereocenters. The van der Waals surface area contributed by atoms with E-state index in [1.165, 1.54) is 18.4 Å². The highest BCUT2D eigenvalue weighted by molar-refractivity contribution is 5.39. The Morgan fingerprint density at radius 3 is 2.64 bits per heavy atom. The van der Waals surface area contributed by atoms with Crippen LogP contribution < -0.4 is 0 Å². The van der Waals surface area contributed by atoms with Crippen molar-refractivity contribution in [1.82, 2.24) is 0 Å². The Labute approximate surface area is 201 Å². The van der Waals surface area contributed by atoms with Crippen molar-refractivity contribution in [2.45, 2.75) is 116 Å². The van der Waals surface area contributed by atoms with Crippen LogP contribution in [0.1, 0.15) is 92.4 Å². The molecule has 0 bridgehead atoms. The number of hydrogen-bond donors (Lipinski definition) is 3. The van der Waals surface area contributed by atoms with Gasteiger partial charge in [0.25, 0.3) is 0 Å². The molecule has 3 N–H and O–H groups in total. The van der Waals surface area contributed by atoms with Crippen LogP contribution in [0, 0.1) is 23.2 Å². The topological polar surface area (TPSA) is 69.9 Å². The van der Waals surface area contributed by atoms with E-state index in [9.17, 15) is 15.3 Å². The maximum atomic E-state index is 10.2. The van der Waals surface area contributed by atoms with E-state index in [4.69, 9.17) is 4.74 Å². The second-order valence-electron chi connectivity index (χ2n) is 11.9. The van der Waals surface area contributed by atoms with E-state index in [-0.39, 0.29) is 11.5 Å². The molecule has 0 spiro atoms. The summed E-state index contributed by atoms with van der Waals surface area (Å²) in [5.74, 6) is 1.63. The van der Waals surface area contributed by atoms with Crippen LogP contribution in [0.15, 0.2) is 35.5 Å². The van der Waals surface area contributed by atoms with Crippen LogP contribution in [0.3, 0.4) is 0 Å². The predicted octanol–water partition coefficient (Wildman–Crippen LogP) is 5.72. The van der Waals surface area contributed by atoms with Gasteiger partial charge in [0, 0.05) is 18.9 Å². The number of fused-ring (bicyclic) bond motifs is 1. The number of hydrogen-bond acceptors (Lipinski definition) is 4. The summed E-state index contributed by atoms with van der Waals surface area (Å²) in [6.45, 7) is 15.6. The zero-order valence-electron chi connectivity index (χ0n) is 21.6. The summed E-state index contributed by atoms with van der Waals surface area (Å²) < 4.78 is 6.35. The molecule has 3 fully saturated rings. The molecule has 0 radical (unpaired) electrons. The van der Waals surface area contributed by atoms with E-state index in [2.05, 4.69) is 39.5 Å². The fraction of sp³-hybridized carbons (Fsp3) is 0.793. The van der Waals surface area contributed by atoms with Crippen LogP contribution in [-0.2, 0) is 4.74 Å². The monoisotopic (exact) mass is 460 g/mol. The van der Waals surface area contributed by atoms with Crippen molar-refractivity contribution in [1.29, 1.82) is 0 Å². The van der Waals surface area contributed by atoms with Gasteiger partial charge in [-0.25, -0.2) is 0 Å². The standard InChI is InChI=1S/C29H48O4/c1-7-33-26-18-24(19(2)10-8-14-28(4,5)32)29(6)15-9-11-21(27(26)29)12-13-22-16-23(30)17-25(31)20(22)3/h12-13,19,23-27,30-32H,3,7-11,14-18H2,1-2,4-6H3/b21-12+,22-13-/t19-,23-,24-,25+,26-,27-,29-/m1/s1. The molecule has 0 unspecified atom stereocenters. The van der Waals surface area contributed by atoms with E-state index >= 15 is 0 Å². The molecule has 0 aromatic carbocycles. The number of aliphatic hydroxyl groups excluding tert-OH is 2. The molecule has 3 saturated carbocycles. The van der Waals surface area contributed by atoms with Crippen molar-refractivity contribution in [2.75, 3.05) is 6.61 Å². The predicted molar refractivity (Wildman–Crippen MR) is 135 cm³/mol. The zero-order chi connectivity index (χ0) is 24.4.